The molecule has 16 heavy (non-hydrogen) atoms. The van der Waals surface area contributed by atoms with Crippen LogP contribution in [0.3, 0.4) is 0 Å². The second-order valence-corrected chi connectivity index (χ2v) is 3.87. The lowest BCUT2D eigenvalue weighted by Gasteiger charge is -2.21. The predicted molar refractivity (Wildman–Crippen MR) is 63.3 cm³/mol. The minimum atomic E-state index is -0.00102. The maximum atomic E-state index is 11.6. The molecule has 0 aromatic rings. The van der Waals surface area contributed by atoms with Gasteiger partial charge in [-0.25, -0.2) is 0 Å². The summed E-state index contributed by atoms with van der Waals surface area (Å²) in [5, 5.41) is 11.8. The topological polar surface area (TPSA) is 61.8 Å². The lowest BCUT2D eigenvalue weighted by molar-refractivity contribution is -0.123. The number of aliphatic hydroxyl groups excluding tert-OH is 1. The first-order chi connectivity index (χ1) is 7.63. The molecule has 0 aliphatic rings. The van der Waals surface area contributed by atoms with Crippen LogP contribution in [0.25, 0.3) is 0 Å². The van der Waals surface area contributed by atoms with Gasteiger partial charge in [0.15, 0.2) is 0 Å². The standard InChI is InChI=1S/C11H24N2O3/c1-4-10(2)12-11(15)9-13(5-7-14)6-8-16-3/h10,14H,4-9H2,1-3H3,(H,12,15). The van der Waals surface area contributed by atoms with Crippen molar-refractivity contribution in [3.8, 4) is 0 Å². The molecule has 0 heterocycles. The molecule has 0 rings (SSSR count). The monoisotopic (exact) mass is 232 g/mol. The van der Waals surface area contributed by atoms with Crippen molar-refractivity contribution in [3.63, 3.8) is 0 Å². The molecule has 0 aliphatic carbocycles. The van der Waals surface area contributed by atoms with E-state index in [1.165, 1.54) is 0 Å². The highest BCUT2D eigenvalue weighted by molar-refractivity contribution is 5.78. The van der Waals surface area contributed by atoms with Crippen LogP contribution in [-0.4, -0.2) is 61.9 Å². The molecule has 0 bridgehead atoms. The number of aliphatic hydroxyl groups is 1. The van der Waals surface area contributed by atoms with Crippen LogP contribution in [0, 0.1) is 0 Å². The van der Waals surface area contributed by atoms with Crippen LogP contribution < -0.4 is 5.32 Å². The lowest BCUT2D eigenvalue weighted by atomic mass is 10.2. The van der Waals surface area contributed by atoms with Crippen LogP contribution in [-0.2, 0) is 9.53 Å². The fourth-order valence-electron chi connectivity index (χ4n) is 1.26. The van der Waals surface area contributed by atoms with Gasteiger partial charge in [-0.1, -0.05) is 6.92 Å². The van der Waals surface area contributed by atoms with E-state index in [1.54, 1.807) is 7.11 Å². The van der Waals surface area contributed by atoms with Crippen molar-refractivity contribution in [3.05, 3.63) is 0 Å². The van der Waals surface area contributed by atoms with Gasteiger partial charge < -0.3 is 15.2 Å². The first-order valence-electron chi connectivity index (χ1n) is 5.75. The Morgan fingerprint density at radius 2 is 2.19 bits per heavy atom. The number of carbonyl (C=O) groups excluding carboxylic acids is 1. The zero-order chi connectivity index (χ0) is 12.4. The van der Waals surface area contributed by atoms with Gasteiger partial charge in [-0.05, 0) is 13.3 Å². The van der Waals surface area contributed by atoms with Crippen LogP contribution in [0.5, 0.6) is 0 Å². The number of rotatable bonds is 9. The van der Waals surface area contributed by atoms with E-state index in [4.69, 9.17) is 9.84 Å². The molecule has 1 atom stereocenters. The summed E-state index contributed by atoms with van der Waals surface area (Å²) in [5.41, 5.74) is 0. The van der Waals surface area contributed by atoms with Crippen molar-refractivity contribution in [2.75, 3.05) is 40.0 Å². The molecule has 0 aromatic carbocycles. The van der Waals surface area contributed by atoms with Gasteiger partial charge in [-0.2, -0.15) is 0 Å². The molecule has 0 fully saturated rings. The molecule has 0 saturated carbocycles. The third-order valence-electron chi connectivity index (χ3n) is 2.41. The molecule has 5 heteroatoms. The fourth-order valence-corrected chi connectivity index (χ4v) is 1.26. The summed E-state index contributed by atoms with van der Waals surface area (Å²) in [5.74, 6) is -0.00102. The Morgan fingerprint density at radius 1 is 1.50 bits per heavy atom. The maximum Gasteiger partial charge on any atom is 0.234 e. The van der Waals surface area contributed by atoms with Crippen molar-refractivity contribution in [1.29, 1.82) is 0 Å². The Hall–Kier alpha value is -0.650. The summed E-state index contributed by atoms with van der Waals surface area (Å²) in [4.78, 5) is 13.5. The fraction of sp³-hybridized carbons (Fsp3) is 0.909. The van der Waals surface area contributed by atoms with Gasteiger partial charge in [-0.15, -0.1) is 0 Å². The molecule has 96 valence electrons. The first kappa shape index (κ1) is 15.3. The molecule has 0 aromatic heterocycles. The van der Waals surface area contributed by atoms with Crippen LogP contribution in [0.15, 0.2) is 0 Å². The first-order valence-corrected chi connectivity index (χ1v) is 5.75. The summed E-state index contributed by atoms with van der Waals surface area (Å²) in [6.45, 7) is 6.10. The SMILES string of the molecule is CCC(C)NC(=O)CN(CCO)CCOC. The zero-order valence-corrected chi connectivity index (χ0v) is 10.5. The number of hydrogen-bond donors (Lipinski definition) is 2. The summed E-state index contributed by atoms with van der Waals surface area (Å²) < 4.78 is 4.95. The highest BCUT2D eigenvalue weighted by Crippen LogP contribution is 1.91. The van der Waals surface area contributed by atoms with E-state index < -0.39 is 0 Å². The third-order valence-corrected chi connectivity index (χ3v) is 2.41. The molecule has 0 radical (unpaired) electrons. The highest BCUT2D eigenvalue weighted by Gasteiger charge is 2.11. The van der Waals surface area contributed by atoms with Gasteiger partial charge >= 0.3 is 0 Å². The average molecular weight is 232 g/mol. The smallest absolute Gasteiger partial charge is 0.234 e. The average Bonchev–Trinajstić information content (AvgIpc) is 2.25. The molecule has 0 aliphatic heterocycles. The molecule has 5 nitrogen and oxygen atoms in total. The van der Waals surface area contributed by atoms with Crippen LogP contribution in [0.1, 0.15) is 20.3 Å². The number of amides is 1. The molecular weight excluding hydrogens is 208 g/mol. The summed E-state index contributed by atoms with van der Waals surface area (Å²) in [7, 11) is 1.62. The van der Waals surface area contributed by atoms with Crippen molar-refractivity contribution < 1.29 is 14.6 Å². The van der Waals surface area contributed by atoms with E-state index in [0.29, 0.717) is 26.2 Å². The van der Waals surface area contributed by atoms with Crippen LogP contribution >= 0.6 is 0 Å². The predicted octanol–water partition coefficient (Wildman–Crippen LogP) is -0.158. The lowest BCUT2D eigenvalue weighted by Crippen LogP contribution is -2.42. The third kappa shape index (κ3) is 7.62. The molecule has 0 saturated heterocycles. The van der Waals surface area contributed by atoms with Crippen LogP contribution in [0.4, 0.5) is 0 Å². The highest BCUT2D eigenvalue weighted by atomic mass is 16.5. The Bertz CT molecular complexity index is 188. The number of carbonyl (C=O) groups is 1. The van der Waals surface area contributed by atoms with Gasteiger partial charge in [0.2, 0.25) is 5.91 Å². The molecule has 0 spiro atoms. The van der Waals surface area contributed by atoms with E-state index in [9.17, 15) is 4.79 Å². The summed E-state index contributed by atoms with van der Waals surface area (Å²) >= 11 is 0. The molecule has 1 amide bonds. The summed E-state index contributed by atoms with van der Waals surface area (Å²) in [6.07, 6.45) is 0.920. The number of methoxy groups -OCH3 is 1. The van der Waals surface area contributed by atoms with Crippen LogP contribution in [0.2, 0.25) is 0 Å². The quantitative estimate of drug-likeness (QED) is 0.580. The maximum absolute atomic E-state index is 11.6. The van der Waals surface area contributed by atoms with Gasteiger partial charge in [0.25, 0.3) is 0 Å². The van der Waals surface area contributed by atoms with Crippen molar-refractivity contribution in [1.82, 2.24) is 10.2 Å². The van der Waals surface area contributed by atoms with Gasteiger partial charge in [-0.3, -0.25) is 9.69 Å². The second kappa shape index (κ2) is 9.57. The molecule has 2 N–H and O–H groups in total. The van der Waals surface area contributed by atoms with Gasteiger partial charge in [0.1, 0.15) is 0 Å². The van der Waals surface area contributed by atoms with E-state index in [0.717, 1.165) is 6.42 Å². The van der Waals surface area contributed by atoms with Gasteiger partial charge in [0.05, 0.1) is 19.8 Å². The van der Waals surface area contributed by atoms with Gasteiger partial charge in [0, 0.05) is 26.2 Å². The Labute approximate surface area is 97.8 Å². The van der Waals surface area contributed by atoms with E-state index in [1.807, 2.05) is 18.7 Å². The number of hydrogen-bond acceptors (Lipinski definition) is 4. The normalized spacial score (nSPS) is 12.8. The Morgan fingerprint density at radius 3 is 2.69 bits per heavy atom. The Kier molecular flexibility index (Phi) is 9.18. The van der Waals surface area contributed by atoms with E-state index >= 15 is 0 Å². The minimum Gasteiger partial charge on any atom is -0.395 e. The molecular formula is C11H24N2O3. The van der Waals surface area contributed by atoms with E-state index in [2.05, 4.69) is 5.32 Å². The minimum absolute atomic E-state index is 0.00102. The van der Waals surface area contributed by atoms with Crippen molar-refractivity contribution >= 4 is 5.91 Å². The van der Waals surface area contributed by atoms with E-state index in [-0.39, 0.29) is 18.6 Å². The Balaban J connectivity index is 3.91. The largest absolute Gasteiger partial charge is 0.395 e. The number of ether oxygens (including phenoxy) is 1. The second-order valence-electron chi connectivity index (χ2n) is 3.87. The number of nitrogens with zero attached hydrogens (tertiary/aromatic N) is 1. The molecule has 1 unspecified atom stereocenters. The van der Waals surface area contributed by atoms with Crippen molar-refractivity contribution in [2.45, 2.75) is 26.3 Å². The number of nitrogens with one attached hydrogen (secondary N) is 1. The zero-order valence-electron chi connectivity index (χ0n) is 10.5. The summed E-state index contributed by atoms with van der Waals surface area (Å²) in [6, 6.07) is 0.200. The van der Waals surface area contributed by atoms with Crippen molar-refractivity contribution in [2.24, 2.45) is 0 Å².